The maximum Gasteiger partial charge on any atom is 0.222 e. The van der Waals surface area contributed by atoms with Crippen molar-refractivity contribution >= 4 is 23.2 Å². The van der Waals surface area contributed by atoms with Crippen LogP contribution in [0.5, 0.6) is 0 Å². The normalized spacial score (nSPS) is 10.7. The van der Waals surface area contributed by atoms with Crippen molar-refractivity contribution < 1.29 is 4.39 Å². The number of hydrogen-bond acceptors (Lipinski definition) is 2. The minimum absolute atomic E-state index is 0.243. The summed E-state index contributed by atoms with van der Waals surface area (Å²) in [5, 5.41) is 4.62. The van der Waals surface area contributed by atoms with Crippen molar-refractivity contribution in [3.05, 3.63) is 34.5 Å². The van der Waals surface area contributed by atoms with E-state index in [4.69, 9.17) is 23.2 Å². The van der Waals surface area contributed by atoms with Gasteiger partial charge in [-0.1, -0.05) is 23.2 Å². The van der Waals surface area contributed by atoms with Crippen molar-refractivity contribution in [2.75, 3.05) is 0 Å². The lowest BCUT2D eigenvalue weighted by Gasteiger charge is -2.04. The molecule has 0 aliphatic heterocycles. The molecule has 0 atom stereocenters. The lowest BCUT2D eigenvalue weighted by Crippen LogP contribution is -1.97. The van der Waals surface area contributed by atoms with Gasteiger partial charge in [-0.3, -0.25) is 4.68 Å². The number of pyridine rings is 1. The van der Waals surface area contributed by atoms with Crippen LogP contribution < -0.4 is 0 Å². The zero-order valence-electron chi connectivity index (χ0n) is 7.71. The van der Waals surface area contributed by atoms with Crippen molar-refractivity contribution in [2.45, 2.75) is 0 Å². The van der Waals surface area contributed by atoms with Gasteiger partial charge in [-0.15, -0.1) is 0 Å². The van der Waals surface area contributed by atoms with Gasteiger partial charge in [-0.2, -0.15) is 9.49 Å². The molecule has 2 heterocycles. The Hall–Kier alpha value is -1.13. The van der Waals surface area contributed by atoms with Crippen molar-refractivity contribution in [2.24, 2.45) is 7.05 Å². The van der Waals surface area contributed by atoms with Crippen LogP contribution in [0.4, 0.5) is 4.39 Å². The Labute approximate surface area is 95.5 Å². The molecule has 0 N–H and O–H groups in total. The maximum absolute atomic E-state index is 13.4. The molecule has 0 aliphatic carbocycles. The molecule has 6 heteroatoms. The molecule has 0 bridgehead atoms. The summed E-state index contributed by atoms with van der Waals surface area (Å²) >= 11 is 11.6. The highest BCUT2D eigenvalue weighted by atomic mass is 35.5. The minimum Gasteiger partial charge on any atom is -0.266 e. The van der Waals surface area contributed by atoms with Crippen molar-refractivity contribution in [3.8, 4) is 11.3 Å². The van der Waals surface area contributed by atoms with Crippen LogP contribution in [-0.4, -0.2) is 14.8 Å². The molecule has 2 rings (SSSR count). The van der Waals surface area contributed by atoms with Gasteiger partial charge in [0, 0.05) is 13.2 Å². The molecule has 2 aromatic rings. The molecule has 0 amide bonds. The van der Waals surface area contributed by atoms with Crippen LogP contribution >= 0.6 is 23.2 Å². The average molecular weight is 246 g/mol. The van der Waals surface area contributed by atoms with Gasteiger partial charge in [0.2, 0.25) is 5.95 Å². The predicted molar refractivity (Wildman–Crippen MR) is 56.4 cm³/mol. The van der Waals surface area contributed by atoms with E-state index in [0.717, 1.165) is 0 Å². The standard InChI is InChI=1S/C9H6Cl2FN3/c1-15-8(7(11)4-14-15)6-2-5(10)3-13-9(6)12/h2-4H,1H3. The molecule has 0 spiro atoms. The quantitative estimate of drug-likeness (QED) is 0.724. The van der Waals surface area contributed by atoms with E-state index >= 15 is 0 Å². The lowest BCUT2D eigenvalue weighted by atomic mass is 10.2. The molecule has 0 unspecified atom stereocenters. The number of hydrogen-bond donors (Lipinski definition) is 0. The Morgan fingerprint density at radius 3 is 2.67 bits per heavy atom. The molecule has 3 nitrogen and oxygen atoms in total. The topological polar surface area (TPSA) is 30.7 Å². The highest BCUT2D eigenvalue weighted by molar-refractivity contribution is 6.33. The molecule has 0 radical (unpaired) electrons. The molecular formula is C9H6Cl2FN3. The fraction of sp³-hybridized carbons (Fsp3) is 0.111. The highest BCUT2D eigenvalue weighted by Gasteiger charge is 2.14. The van der Waals surface area contributed by atoms with Crippen LogP contribution in [0.15, 0.2) is 18.5 Å². The summed E-state index contributed by atoms with van der Waals surface area (Å²) in [4.78, 5) is 3.52. The van der Waals surface area contributed by atoms with E-state index in [9.17, 15) is 4.39 Å². The van der Waals surface area contributed by atoms with Gasteiger partial charge in [0.25, 0.3) is 0 Å². The second-order valence-corrected chi connectivity index (χ2v) is 3.80. The summed E-state index contributed by atoms with van der Waals surface area (Å²) < 4.78 is 14.9. The van der Waals surface area contributed by atoms with Gasteiger partial charge in [-0.05, 0) is 6.07 Å². The zero-order chi connectivity index (χ0) is 11.0. The summed E-state index contributed by atoms with van der Waals surface area (Å²) in [5.41, 5.74) is 0.705. The average Bonchev–Trinajstić information content (AvgIpc) is 2.51. The van der Waals surface area contributed by atoms with Gasteiger partial charge in [0.1, 0.15) is 0 Å². The van der Waals surface area contributed by atoms with E-state index in [0.29, 0.717) is 15.7 Å². The predicted octanol–water partition coefficient (Wildman–Crippen LogP) is 2.93. The number of halogens is 3. The van der Waals surface area contributed by atoms with Crippen molar-refractivity contribution in [1.29, 1.82) is 0 Å². The van der Waals surface area contributed by atoms with Crippen LogP contribution in [0.1, 0.15) is 0 Å². The third-order valence-corrected chi connectivity index (χ3v) is 2.44. The zero-order valence-corrected chi connectivity index (χ0v) is 9.22. The highest BCUT2D eigenvalue weighted by Crippen LogP contribution is 2.29. The molecule has 0 saturated heterocycles. The molecule has 15 heavy (non-hydrogen) atoms. The smallest absolute Gasteiger partial charge is 0.222 e. The third-order valence-electron chi connectivity index (χ3n) is 1.95. The molecule has 0 aromatic carbocycles. The van der Waals surface area contributed by atoms with Gasteiger partial charge >= 0.3 is 0 Å². The first-order chi connectivity index (χ1) is 7.09. The maximum atomic E-state index is 13.4. The largest absolute Gasteiger partial charge is 0.266 e. The molecule has 2 aromatic heterocycles. The lowest BCUT2D eigenvalue weighted by molar-refractivity contribution is 0.585. The van der Waals surface area contributed by atoms with Gasteiger partial charge in [0.15, 0.2) is 0 Å². The number of aromatic nitrogens is 3. The number of nitrogens with zero attached hydrogens (tertiary/aromatic N) is 3. The van der Waals surface area contributed by atoms with Crippen LogP contribution in [0.3, 0.4) is 0 Å². The summed E-state index contributed by atoms with van der Waals surface area (Å²) in [6, 6.07) is 1.47. The van der Waals surface area contributed by atoms with E-state index in [1.165, 1.54) is 23.1 Å². The van der Waals surface area contributed by atoms with Crippen LogP contribution in [0, 0.1) is 5.95 Å². The Morgan fingerprint density at radius 1 is 1.33 bits per heavy atom. The van der Waals surface area contributed by atoms with E-state index < -0.39 is 5.95 Å². The monoisotopic (exact) mass is 245 g/mol. The molecule has 0 aliphatic rings. The third kappa shape index (κ3) is 1.82. The second-order valence-electron chi connectivity index (χ2n) is 2.96. The van der Waals surface area contributed by atoms with Gasteiger partial charge < -0.3 is 0 Å². The first-order valence-electron chi connectivity index (χ1n) is 4.08. The van der Waals surface area contributed by atoms with Crippen LogP contribution in [0.2, 0.25) is 10.0 Å². The SMILES string of the molecule is Cn1ncc(Cl)c1-c1cc(Cl)cnc1F. The van der Waals surface area contributed by atoms with Crippen molar-refractivity contribution in [3.63, 3.8) is 0 Å². The van der Waals surface area contributed by atoms with E-state index in [1.807, 2.05) is 0 Å². The summed E-state index contributed by atoms with van der Waals surface area (Å²) in [5.74, 6) is -0.620. The number of aryl methyl sites for hydroxylation is 1. The second kappa shape index (κ2) is 3.79. The summed E-state index contributed by atoms with van der Waals surface area (Å²) in [7, 11) is 1.67. The summed E-state index contributed by atoms with van der Waals surface area (Å²) in [6.07, 6.45) is 2.68. The van der Waals surface area contributed by atoms with E-state index in [-0.39, 0.29) is 5.56 Å². The fourth-order valence-corrected chi connectivity index (χ4v) is 1.73. The minimum atomic E-state index is -0.620. The molecule has 0 saturated carbocycles. The Kier molecular flexibility index (Phi) is 2.63. The molecule has 78 valence electrons. The van der Waals surface area contributed by atoms with E-state index in [2.05, 4.69) is 10.1 Å². The van der Waals surface area contributed by atoms with E-state index in [1.54, 1.807) is 7.05 Å². The molecule has 0 fully saturated rings. The van der Waals surface area contributed by atoms with Gasteiger partial charge in [-0.25, -0.2) is 4.98 Å². The van der Waals surface area contributed by atoms with Gasteiger partial charge in [0.05, 0.1) is 27.5 Å². The fourth-order valence-electron chi connectivity index (χ4n) is 1.30. The van der Waals surface area contributed by atoms with Crippen LogP contribution in [0.25, 0.3) is 11.3 Å². The first kappa shape index (κ1) is 10.4. The Morgan fingerprint density at radius 2 is 2.07 bits per heavy atom. The summed E-state index contributed by atoms with van der Waals surface area (Å²) in [6.45, 7) is 0. The Balaban J connectivity index is 2.68. The van der Waals surface area contributed by atoms with Crippen LogP contribution in [-0.2, 0) is 7.05 Å². The molecular weight excluding hydrogens is 240 g/mol. The number of rotatable bonds is 1. The van der Waals surface area contributed by atoms with Crippen molar-refractivity contribution in [1.82, 2.24) is 14.8 Å². The first-order valence-corrected chi connectivity index (χ1v) is 4.84. The Bertz CT molecular complexity index is 491.